The molecule has 1 heterocycles. The first-order valence-electron chi connectivity index (χ1n) is 9.94. The first-order chi connectivity index (χ1) is 15.7. The van der Waals surface area contributed by atoms with Gasteiger partial charge < -0.3 is 10.3 Å². The third kappa shape index (κ3) is 4.92. The normalized spacial score (nSPS) is 11.5. The van der Waals surface area contributed by atoms with Gasteiger partial charge in [0.15, 0.2) is 5.11 Å². The monoisotopic (exact) mass is 479 g/mol. The number of rotatable bonds is 5. The van der Waals surface area contributed by atoms with Crippen LogP contribution in [0.15, 0.2) is 77.7 Å². The first kappa shape index (κ1) is 22.6. The van der Waals surface area contributed by atoms with E-state index in [9.17, 15) is 13.2 Å². The number of anilines is 1. The molecule has 0 atom stereocenters. The number of para-hydroxylation sites is 2. The Kier molecular flexibility index (Phi) is 6.23. The standard InChI is InChI=1S/C23H21N5O3S2/c1-28(2)33(30,31)18-13-9-16(10-14-18)22(29)27-23(32)24-17-11-7-15(8-12-17)21-25-19-5-3-4-6-20(19)26-21/h3-14H,1-2H3,(H,25,26)(H2,24,27,29,32). The van der Waals surface area contributed by atoms with Crippen molar-refractivity contribution in [2.75, 3.05) is 19.4 Å². The van der Waals surface area contributed by atoms with Crippen molar-refractivity contribution in [1.29, 1.82) is 0 Å². The Morgan fingerprint density at radius 1 is 0.970 bits per heavy atom. The molecular weight excluding hydrogens is 458 g/mol. The summed E-state index contributed by atoms with van der Waals surface area (Å²) < 4.78 is 25.4. The van der Waals surface area contributed by atoms with Crippen molar-refractivity contribution in [1.82, 2.24) is 19.6 Å². The molecule has 0 spiro atoms. The summed E-state index contributed by atoms with van der Waals surface area (Å²) in [6, 6.07) is 20.9. The molecule has 8 nitrogen and oxygen atoms in total. The van der Waals surface area contributed by atoms with Crippen LogP contribution < -0.4 is 10.6 Å². The zero-order valence-corrected chi connectivity index (χ0v) is 19.5. The smallest absolute Gasteiger partial charge is 0.257 e. The summed E-state index contributed by atoms with van der Waals surface area (Å²) in [6.07, 6.45) is 0. The fraction of sp³-hybridized carbons (Fsp3) is 0.0870. The minimum atomic E-state index is -3.56. The SMILES string of the molecule is CN(C)S(=O)(=O)c1ccc(C(=O)NC(=S)Nc2ccc(-c3nc4ccccc4[nH]3)cc2)cc1. The number of nitrogens with zero attached hydrogens (tertiary/aromatic N) is 2. The molecule has 0 aliphatic heterocycles. The summed E-state index contributed by atoms with van der Waals surface area (Å²) in [5, 5.41) is 5.68. The molecule has 168 valence electrons. The molecule has 0 saturated heterocycles. The van der Waals surface area contributed by atoms with E-state index in [2.05, 4.69) is 20.6 Å². The second-order valence-electron chi connectivity index (χ2n) is 7.40. The van der Waals surface area contributed by atoms with Crippen molar-refractivity contribution in [3.63, 3.8) is 0 Å². The Bertz CT molecular complexity index is 1390. The molecule has 3 aromatic carbocycles. The molecule has 0 radical (unpaired) electrons. The van der Waals surface area contributed by atoms with Crippen LogP contribution in [0.1, 0.15) is 10.4 Å². The molecule has 4 aromatic rings. The summed E-state index contributed by atoms with van der Waals surface area (Å²) in [4.78, 5) is 20.4. The van der Waals surface area contributed by atoms with E-state index in [1.54, 1.807) is 0 Å². The maximum absolute atomic E-state index is 12.5. The van der Waals surface area contributed by atoms with Crippen molar-refractivity contribution in [3.8, 4) is 11.4 Å². The third-order valence-electron chi connectivity index (χ3n) is 4.93. The highest BCUT2D eigenvalue weighted by Crippen LogP contribution is 2.22. The molecule has 0 unspecified atom stereocenters. The Balaban J connectivity index is 1.39. The van der Waals surface area contributed by atoms with Gasteiger partial charge in [-0.3, -0.25) is 10.1 Å². The molecule has 0 fully saturated rings. The fourth-order valence-electron chi connectivity index (χ4n) is 3.13. The zero-order chi connectivity index (χ0) is 23.6. The van der Waals surface area contributed by atoms with Crippen LogP contribution >= 0.6 is 12.2 Å². The highest BCUT2D eigenvalue weighted by molar-refractivity contribution is 7.89. The largest absolute Gasteiger partial charge is 0.338 e. The summed E-state index contributed by atoms with van der Waals surface area (Å²) >= 11 is 5.24. The number of aromatic nitrogens is 2. The number of nitrogens with one attached hydrogen (secondary N) is 3. The van der Waals surface area contributed by atoms with E-state index in [4.69, 9.17) is 12.2 Å². The number of carbonyl (C=O) groups excluding carboxylic acids is 1. The maximum Gasteiger partial charge on any atom is 0.257 e. The minimum absolute atomic E-state index is 0.106. The molecule has 3 N–H and O–H groups in total. The van der Waals surface area contributed by atoms with Crippen LogP contribution in [0.3, 0.4) is 0 Å². The van der Waals surface area contributed by atoms with Crippen LogP contribution in [-0.2, 0) is 10.0 Å². The predicted molar refractivity (Wildman–Crippen MR) is 133 cm³/mol. The van der Waals surface area contributed by atoms with Gasteiger partial charge in [-0.15, -0.1) is 0 Å². The van der Waals surface area contributed by atoms with Crippen LogP contribution in [0, 0.1) is 0 Å². The van der Waals surface area contributed by atoms with E-state index in [-0.39, 0.29) is 15.6 Å². The van der Waals surface area contributed by atoms with Crippen molar-refractivity contribution >= 4 is 50.0 Å². The number of aromatic amines is 1. The molecule has 33 heavy (non-hydrogen) atoms. The molecule has 1 aromatic heterocycles. The van der Waals surface area contributed by atoms with Crippen LogP contribution in [-0.4, -0.2) is 47.8 Å². The lowest BCUT2D eigenvalue weighted by Crippen LogP contribution is -2.34. The third-order valence-corrected chi connectivity index (χ3v) is 6.96. The number of sulfonamides is 1. The highest BCUT2D eigenvalue weighted by Gasteiger charge is 2.17. The van der Waals surface area contributed by atoms with Crippen LogP contribution in [0.25, 0.3) is 22.4 Å². The zero-order valence-electron chi connectivity index (χ0n) is 17.9. The second kappa shape index (κ2) is 9.10. The number of fused-ring (bicyclic) bond motifs is 1. The first-order valence-corrected chi connectivity index (χ1v) is 11.8. The second-order valence-corrected chi connectivity index (χ2v) is 9.96. The Hall–Kier alpha value is -3.60. The van der Waals surface area contributed by atoms with Gasteiger partial charge in [0.1, 0.15) is 5.82 Å². The van der Waals surface area contributed by atoms with E-state index in [0.29, 0.717) is 5.69 Å². The average molecular weight is 480 g/mol. The van der Waals surface area contributed by atoms with Gasteiger partial charge in [-0.2, -0.15) is 0 Å². The topological polar surface area (TPSA) is 107 Å². The van der Waals surface area contributed by atoms with Gasteiger partial charge in [-0.1, -0.05) is 12.1 Å². The number of benzene rings is 3. The fourth-order valence-corrected chi connectivity index (χ4v) is 4.24. The van der Waals surface area contributed by atoms with Gasteiger partial charge in [0.2, 0.25) is 10.0 Å². The number of carbonyl (C=O) groups is 1. The number of amides is 1. The average Bonchev–Trinajstić information content (AvgIpc) is 3.24. The highest BCUT2D eigenvalue weighted by atomic mass is 32.2. The van der Waals surface area contributed by atoms with Gasteiger partial charge in [-0.25, -0.2) is 17.7 Å². The van der Waals surface area contributed by atoms with Crippen molar-refractivity contribution < 1.29 is 13.2 Å². The molecule has 0 aliphatic rings. The maximum atomic E-state index is 12.5. The van der Waals surface area contributed by atoms with Gasteiger partial charge in [-0.05, 0) is 72.9 Å². The molecule has 0 saturated carbocycles. The Morgan fingerprint density at radius 3 is 2.27 bits per heavy atom. The van der Waals surface area contributed by atoms with E-state index >= 15 is 0 Å². The molecule has 0 bridgehead atoms. The lowest BCUT2D eigenvalue weighted by molar-refractivity contribution is 0.0977. The Labute approximate surface area is 196 Å². The van der Waals surface area contributed by atoms with Gasteiger partial charge in [0, 0.05) is 30.9 Å². The summed E-state index contributed by atoms with van der Waals surface area (Å²) in [5.74, 6) is 0.318. The lowest BCUT2D eigenvalue weighted by atomic mass is 10.2. The number of thiocarbonyl (C=S) groups is 1. The molecule has 1 amide bonds. The molecule has 0 aliphatic carbocycles. The number of hydrogen-bond donors (Lipinski definition) is 3. The van der Waals surface area contributed by atoms with Crippen LogP contribution in [0.2, 0.25) is 0 Å². The molecule has 4 rings (SSSR count). The van der Waals surface area contributed by atoms with Gasteiger partial charge in [0.05, 0.1) is 15.9 Å². The van der Waals surface area contributed by atoms with Crippen LogP contribution in [0.5, 0.6) is 0 Å². The predicted octanol–water partition coefficient (Wildman–Crippen LogP) is 3.61. The van der Waals surface area contributed by atoms with Crippen molar-refractivity contribution in [3.05, 3.63) is 78.4 Å². The molecule has 10 heteroatoms. The van der Waals surface area contributed by atoms with E-state index in [1.807, 2.05) is 48.5 Å². The van der Waals surface area contributed by atoms with E-state index in [0.717, 1.165) is 26.7 Å². The number of hydrogen-bond acceptors (Lipinski definition) is 5. The summed E-state index contributed by atoms with van der Waals surface area (Å²) in [5.41, 5.74) is 3.76. The van der Waals surface area contributed by atoms with Gasteiger partial charge >= 0.3 is 0 Å². The Morgan fingerprint density at radius 2 is 1.64 bits per heavy atom. The summed E-state index contributed by atoms with van der Waals surface area (Å²) in [7, 11) is -0.662. The van der Waals surface area contributed by atoms with E-state index in [1.165, 1.54) is 38.4 Å². The number of imidazole rings is 1. The van der Waals surface area contributed by atoms with E-state index < -0.39 is 15.9 Å². The lowest BCUT2D eigenvalue weighted by Gasteiger charge is -2.12. The minimum Gasteiger partial charge on any atom is -0.338 e. The quantitative estimate of drug-likeness (QED) is 0.378. The van der Waals surface area contributed by atoms with Gasteiger partial charge in [0.25, 0.3) is 5.91 Å². The number of H-pyrrole nitrogens is 1. The van der Waals surface area contributed by atoms with Crippen molar-refractivity contribution in [2.24, 2.45) is 0 Å². The van der Waals surface area contributed by atoms with Crippen molar-refractivity contribution in [2.45, 2.75) is 4.90 Å². The summed E-state index contributed by atoms with van der Waals surface area (Å²) in [6.45, 7) is 0. The molecular formula is C23H21N5O3S2. The van der Waals surface area contributed by atoms with Crippen LogP contribution in [0.4, 0.5) is 5.69 Å².